The van der Waals surface area contributed by atoms with Crippen LogP contribution < -0.4 is 15.5 Å². The summed E-state index contributed by atoms with van der Waals surface area (Å²) in [6.45, 7) is 0.659. The number of nitrogens with one attached hydrogen (secondary N) is 2. The molecule has 7 heteroatoms. The molecule has 1 aromatic heterocycles. The van der Waals surface area contributed by atoms with Gasteiger partial charge in [-0.25, -0.2) is 4.79 Å². The van der Waals surface area contributed by atoms with Crippen molar-refractivity contribution in [3.63, 3.8) is 0 Å². The maximum absolute atomic E-state index is 12.6. The number of aromatic nitrogens is 2. The molecule has 0 saturated carbocycles. The lowest BCUT2D eigenvalue weighted by Gasteiger charge is -2.22. The van der Waals surface area contributed by atoms with Crippen LogP contribution in [0.1, 0.15) is 28.9 Å². The predicted molar refractivity (Wildman–Crippen MR) is 91.2 cm³/mol. The largest absolute Gasteiger partial charge is 0.354 e. The average Bonchev–Trinajstić information content (AvgIpc) is 2.84. The molecule has 0 atom stereocenters. The van der Waals surface area contributed by atoms with Crippen molar-refractivity contribution in [2.45, 2.75) is 19.3 Å². The molecule has 7 nitrogen and oxygen atoms in total. The molecule has 0 saturated heterocycles. The monoisotopic (exact) mass is 325 g/mol. The third kappa shape index (κ3) is 3.34. The van der Waals surface area contributed by atoms with Crippen LogP contribution in [0.2, 0.25) is 0 Å². The number of benzene rings is 1. The van der Waals surface area contributed by atoms with Gasteiger partial charge in [-0.05, 0) is 43.0 Å². The van der Waals surface area contributed by atoms with Gasteiger partial charge in [0.05, 0.1) is 0 Å². The number of aryl methyl sites for hydroxylation is 1. The Labute approximate surface area is 140 Å². The van der Waals surface area contributed by atoms with E-state index in [0.29, 0.717) is 12.4 Å². The number of anilines is 2. The summed E-state index contributed by atoms with van der Waals surface area (Å²) in [7, 11) is 1.52. The fourth-order valence-corrected chi connectivity index (χ4v) is 2.73. The van der Waals surface area contributed by atoms with E-state index in [1.807, 2.05) is 18.2 Å². The molecule has 2 N–H and O–H groups in total. The summed E-state index contributed by atoms with van der Waals surface area (Å²) in [5.41, 5.74) is 2.31. The van der Waals surface area contributed by atoms with E-state index in [0.717, 1.165) is 24.9 Å². The Balaban J connectivity index is 1.76. The predicted octanol–water partition coefficient (Wildman–Crippen LogP) is 2.21. The topological polar surface area (TPSA) is 87.2 Å². The first kappa shape index (κ1) is 15.9. The average molecular weight is 325 g/mol. The standard InChI is InChI=1S/C17H19N5O2/c1-18-16(23)13-9-10-15(21-20-13)19-17(24)22-11-5-4-7-12-6-2-3-8-14(12)22/h2-3,6,8-10H,4-5,7,11H2,1H3,(H,18,23)(H,19,21,24). The molecule has 0 radical (unpaired) electrons. The smallest absolute Gasteiger partial charge is 0.327 e. The first-order valence-electron chi connectivity index (χ1n) is 7.91. The van der Waals surface area contributed by atoms with Crippen LogP contribution in [0.5, 0.6) is 0 Å². The number of para-hydroxylation sites is 1. The molecule has 3 rings (SSSR count). The number of urea groups is 1. The number of rotatable bonds is 2. The lowest BCUT2D eigenvalue weighted by molar-refractivity contribution is 0.0957. The number of nitrogens with zero attached hydrogens (tertiary/aromatic N) is 3. The number of fused-ring (bicyclic) bond motifs is 1. The molecular formula is C17H19N5O2. The summed E-state index contributed by atoms with van der Waals surface area (Å²) in [6, 6.07) is 10.8. The Morgan fingerprint density at radius 1 is 1.08 bits per heavy atom. The van der Waals surface area contributed by atoms with Crippen LogP contribution in [0.25, 0.3) is 0 Å². The SMILES string of the molecule is CNC(=O)c1ccc(NC(=O)N2CCCCc3ccccc32)nn1. The summed E-state index contributed by atoms with van der Waals surface area (Å²) in [5, 5.41) is 12.9. The highest BCUT2D eigenvalue weighted by atomic mass is 16.2. The van der Waals surface area contributed by atoms with E-state index in [-0.39, 0.29) is 17.6 Å². The van der Waals surface area contributed by atoms with Crippen LogP contribution in [0.15, 0.2) is 36.4 Å². The van der Waals surface area contributed by atoms with Gasteiger partial charge in [0, 0.05) is 19.3 Å². The Bertz CT molecular complexity index is 745. The number of hydrogen-bond donors (Lipinski definition) is 2. The minimum Gasteiger partial charge on any atom is -0.354 e. The molecule has 0 unspecified atom stereocenters. The number of carbonyl (C=O) groups excluding carboxylic acids is 2. The van der Waals surface area contributed by atoms with Gasteiger partial charge in [0.15, 0.2) is 11.5 Å². The second kappa shape index (κ2) is 7.08. The van der Waals surface area contributed by atoms with Gasteiger partial charge < -0.3 is 5.32 Å². The van der Waals surface area contributed by atoms with Crippen molar-refractivity contribution in [3.05, 3.63) is 47.7 Å². The molecule has 2 heterocycles. The van der Waals surface area contributed by atoms with Gasteiger partial charge in [-0.3, -0.25) is 15.0 Å². The molecule has 2 aromatic rings. The maximum atomic E-state index is 12.6. The number of amides is 3. The zero-order chi connectivity index (χ0) is 16.9. The van der Waals surface area contributed by atoms with Crippen LogP contribution in [-0.2, 0) is 6.42 Å². The Hall–Kier alpha value is -2.96. The van der Waals surface area contributed by atoms with E-state index in [1.165, 1.54) is 18.7 Å². The molecule has 24 heavy (non-hydrogen) atoms. The molecule has 0 aliphatic carbocycles. The van der Waals surface area contributed by atoms with Crippen LogP contribution in [-0.4, -0.2) is 35.7 Å². The Morgan fingerprint density at radius 2 is 1.92 bits per heavy atom. The van der Waals surface area contributed by atoms with E-state index in [1.54, 1.807) is 11.0 Å². The van der Waals surface area contributed by atoms with E-state index < -0.39 is 0 Å². The summed E-state index contributed by atoms with van der Waals surface area (Å²) in [5.74, 6) is -0.00352. The zero-order valence-corrected chi connectivity index (χ0v) is 13.5. The maximum Gasteiger partial charge on any atom is 0.327 e. The van der Waals surface area contributed by atoms with Crippen molar-refractivity contribution < 1.29 is 9.59 Å². The molecular weight excluding hydrogens is 306 g/mol. The van der Waals surface area contributed by atoms with Crippen molar-refractivity contribution >= 4 is 23.4 Å². The highest BCUT2D eigenvalue weighted by Gasteiger charge is 2.21. The fourth-order valence-electron chi connectivity index (χ4n) is 2.73. The van der Waals surface area contributed by atoms with Gasteiger partial charge in [-0.15, -0.1) is 10.2 Å². The second-order valence-electron chi connectivity index (χ2n) is 5.55. The first-order chi connectivity index (χ1) is 11.7. The summed E-state index contributed by atoms with van der Waals surface area (Å²) >= 11 is 0. The van der Waals surface area contributed by atoms with Gasteiger partial charge >= 0.3 is 6.03 Å². The second-order valence-corrected chi connectivity index (χ2v) is 5.55. The molecule has 1 aromatic carbocycles. The van der Waals surface area contributed by atoms with Crippen LogP contribution in [0.4, 0.5) is 16.3 Å². The minimum atomic E-state index is -0.318. The van der Waals surface area contributed by atoms with Crippen molar-refractivity contribution in [1.82, 2.24) is 15.5 Å². The highest BCUT2D eigenvalue weighted by Crippen LogP contribution is 2.26. The van der Waals surface area contributed by atoms with Crippen molar-refractivity contribution in [2.24, 2.45) is 0 Å². The van der Waals surface area contributed by atoms with Crippen LogP contribution >= 0.6 is 0 Å². The van der Waals surface area contributed by atoms with Crippen LogP contribution in [0.3, 0.4) is 0 Å². The Kier molecular flexibility index (Phi) is 4.69. The van der Waals surface area contributed by atoms with Gasteiger partial charge in [0.2, 0.25) is 0 Å². The number of hydrogen-bond acceptors (Lipinski definition) is 4. The summed E-state index contributed by atoms with van der Waals surface area (Å²) in [4.78, 5) is 25.8. The molecule has 3 amide bonds. The molecule has 0 fully saturated rings. The van der Waals surface area contributed by atoms with E-state index in [2.05, 4.69) is 26.9 Å². The Morgan fingerprint density at radius 3 is 2.67 bits per heavy atom. The third-order valence-electron chi connectivity index (χ3n) is 3.96. The molecule has 0 spiro atoms. The summed E-state index contributed by atoms with van der Waals surface area (Å²) in [6.07, 6.45) is 2.98. The van der Waals surface area contributed by atoms with Crippen LogP contribution in [0, 0.1) is 0 Å². The molecule has 124 valence electrons. The molecule has 1 aliphatic heterocycles. The number of carbonyl (C=O) groups is 2. The third-order valence-corrected chi connectivity index (χ3v) is 3.96. The quantitative estimate of drug-likeness (QED) is 0.886. The van der Waals surface area contributed by atoms with Gasteiger partial charge in [-0.1, -0.05) is 18.2 Å². The lowest BCUT2D eigenvalue weighted by atomic mass is 10.1. The van der Waals surface area contributed by atoms with Crippen molar-refractivity contribution in [3.8, 4) is 0 Å². The van der Waals surface area contributed by atoms with Gasteiger partial charge in [0.1, 0.15) is 0 Å². The highest BCUT2D eigenvalue weighted by molar-refractivity contribution is 6.02. The lowest BCUT2D eigenvalue weighted by Crippen LogP contribution is -2.36. The normalized spacial score (nSPS) is 13.6. The van der Waals surface area contributed by atoms with Crippen molar-refractivity contribution in [1.29, 1.82) is 0 Å². The van der Waals surface area contributed by atoms with Crippen molar-refractivity contribution in [2.75, 3.05) is 23.8 Å². The summed E-state index contributed by atoms with van der Waals surface area (Å²) < 4.78 is 0. The minimum absolute atomic E-state index is 0.204. The van der Waals surface area contributed by atoms with Gasteiger partial charge in [0.25, 0.3) is 5.91 Å². The van der Waals surface area contributed by atoms with Gasteiger partial charge in [-0.2, -0.15) is 0 Å². The first-order valence-corrected chi connectivity index (χ1v) is 7.91. The van der Waals surface area contributed by atoms with E-state index in [9.17, 15) is 9.59 Å². The molecule has 1 aliphatic rings. The fraction of sp³-hybridized carbons (Fsp3) is 0.294. The zero-order valence-electron chi connectivity index (χ0n) is 13.5. The van der Waals surface area contributed by atoms with E-state index >= 15 is 0 Å². The molecule has 0 bridgehead atoms. The van der Waals surface area contributed by atoms with E-state index in [4.69, 9.17) is 0 Å².